The van der Waals surface area contributed by atoms with E-state index in [1.807, 2.05) is 0 Å². The molecule has 0 fully saturated rings. The predicted octanol–water partition coefficient (Wildman–Crippen LogP) is 2.85. The van der Waals surface area contributed by atoms with E-state index in [-0.39, 0.29) is 5.91 Å². The van der Waals surface area contributed by atoms with Gasteiger partial charge < -0.3 is 13.7 Å². The van der Waals surface area contributed by atoms with Gasteiger partial charge in [-0.1, -0.05) is 46.2 Å². The molecule has 0 amide bonds. The summed E-state index contributed by atoms with van der Waals surface area (Å²) in [4.78, 5) is 0. The van der Waals surface area contributed by atoms with Crippen LogP contribution in [0.3, 0.4) is 0 Å². The second kappa shape index (κ2) is 7.35. The fourth-order valence-electron chi connectivity index (χ4n) is 2.74. The minimum absolute atomic E-state index is 0.302. The second-order valence-corrected chi connectivity index (χ2v) is 17.2. The molecule has 0 aliphatic rings. The summed E-state index contributed by atoms with van der Waals surface area (Å²) in [7, 11) is 2.38. The van der Waals surface area contributed by atoms with Crippen molar-refractivity contribution in [3.8, 4) is 0 Å². The van der Waals surface area contributed by atoms with E-state index in [4.69, 9.17) is 9.47 Å². The third kappa shape index (κ3) is 6.12. The van der Waals surface area contributed by atoms with E-state index >= 15 is 0 Å². The van der Waals surface area contributed by atoms with E-state index in [0.29, 0.717) is 6.04 Å². The second-order valence-electron chi connectivity index (χ2n) is 6.67. The lowest BCUT2D eigenvalue weighted by Gasteiger charge is -2.48. The summed E-state index contributed by atoms with van der Waals surface area (Å²) in [6.45, 7) is 17.5. The average molecular weight is 305 g/mol. The molecule has 0 rings (SSSR count). The van der Waals surface area contributed by atoms with Gasteiger partial charge >= 0.3 is 0 Å². The summed E-state index contributed by atoms with van der Waals surface area (Å²) in [6.07, 6.45) is 1.12. The molecule has 0 aromatic rings. The van der Waals surface area contributed by atoms with Gasteiger partial charge in [-0.2, -0.15) is 0 Å². The molecule has 0 heterocycles. The number of nitrogens with zero attached hydrogens (tertiary/aromatic N) is 1. The van der Waals surface area contributed by atoms with Gasteiger partial charge in [-0.15, -0.1) is 0 Å². The molecule has 3 radical (unpaired) electrons. The van der Waals surface area contributed by atoms with Crippen molar-refractivity contribution in [1.82, 2.24) is 4.23 Å². The van der Waals surface area contributed by atoms with Crippen LogP contribution >= 0.6 is 0 Å². The molecule has 0 aromatic heterocycles. The van der Waals surface area contributed by atoms with Crippen LogP contribution in [-0.2, 0) is 9.47 Å². The van der Waals surface area contributed by atoms with Crippen LogP contribution in [0.25, 0.3) is 0 Å². The van der Waals surface area contributed by atoms with Crippen molar-refractivity contribution in [2.75, 3.05) is 13.7 Å². The van der Waals surface area contributed by atoms with Crippen LogP contribution < -0.4 is 0 Å². The quantitative estimate of drug-likeness (QED) is 0.508. The summed E-state index contributed by atoms with van der Waals surface area (Å²) < 4.78 is 13.6. The standard InChI is InChI=1S/C12H30NO2Si3/c1-9-11(10-15-12(16)14-2)13(17(3,4)5)18(6,7)8/h11-12H,9-10H2,1-8H3. The molecule has 6 heteroatoms. The fourth-order valence-corrected chi connectivity index (χ4v) is 13.6. The molecule has 3 nitrogen and oxygen atoms in total. The highest BCUT2D eigenvalue weighted by molar-refractivity contribution is 6.89. The summed E-state index contributed by atoms with van der Waals surface area (Å²) >= 11 is 0. The zero-order valence-electron chi connectivity index (χ0n) is 13.3. The molecule has 107 valence electrons. The van der Waals surface area contributed by atoms with Crippen LogP contribution in [0, 0.1) is 0 Å². The summed E-state index contributed by atoms with van der Waals surface area (Å²) in [5, 5.41) is 0. The Morgan fingerprint density at radius 2 is 1.50 bits per heavy atom. The molecule has 0 spiro atoms. The summed E-state index contributed by atoms with van der Waals surface area (Å²) in [5.74, 6) is -0.302. The summed E-state index contributed by atoms with van der Waals surface area (Å²) in [5.41, 5.74) is 0. The van der Waals surface area contributed by atoms with Crippen LogP contribution in [0.1, 0.15) is 13.3 Å². The third-order valence-electron chi connectivity index (χ3n) is 2.94. The Morgan fingerprint density at radius 3 is 1.78 bits per heavy atom. The van der Waals surface area contributed by atoms with E-state index in [9.17, 15) is 0 Å². The van der Waals surface area contributed by atoms with Crippen molar-refractivity contribution in [3.63, 3.8) is 0 Å². The molecule has 2 atom stereocenters. The van der Waals surface area contributed by atoms with Crippen LogP contribution in [0.5, 0.6) is 0 Å². The zero-order chi connectivity index (χ0) is 14.6. The monoisotopic (exact) mass is 304 g/mol. The van der Waals surface area contributed by atoms with Gasteiger partial charge in [0.15, 0.2) is 0 Å². The molecule has 0 aliphatic carbocycles. The lowest BCUT2D eigenvalue weighted by atomic mass is 10.3. The van der Waals surface area contributed by atoms with Crippen molar-refractivity contribution in [1.29, 1.82) is 0 Å². The molecular formula is C12H30NO2Si3. The Bertz CT molecular complexity index is 224. The highest BCUT2D eigenvalue weighted by Gasteiger charge is 2.38. The van der Waals surface area contributed by atoms with Gasteiger partial charge in [-0.05, 0) is 6.42 Å². The maximum Gasteiger partial charge on any atom is 0.133 e. The van der Waals surface area contributed by atoms with E-state index in [1.54, 1.807) is 7.11 Å². The van der Waals surface area contributed by atoms with E-state index < -0.39 is 16.5 Å². The van der Waals surface area contributed by atoms with Crippen molar-refractivity contribution < 1.29 is 9.47 Å². The molecule has 0 saturated carbocycles. The number of hydrogen-bond donors (Lipinski definition) is 0. The maximum absolute atomic E-state index is 5.71. The van der Waals surface area contributed by atoms with Gasteiger partial charge in [0.1, 0.15) is 32.6 Å². The van der Waals surface area contributed by atoms with E-state index in [1.165, 1.54) is 0 Å². The number of ether oxygens (including phenoxy) is 2. The van der Waals surface area contributed by atoms with Gasteiger partial charge in [0.25, 0.3) is 0 Å². The molecule has 0 aliphatic heterocycles. The van der Waals surface area contributed by atoms with Gasteiger partial charge in [-0.25, -0.2) is 0 Å². The lowest BCUT2D eigenvalue weighted by Crippen LogP contribution is -2.64. The zero-order valence-corrected chi connectivity index (χ0v) is 16.3. The maximum atomic E-state index is 5.71. The first-order chi connectivity index (χ1) is 8.04. The molecule has 2 unspecified atom stereocenters. The predicted molar refractivity (Wildman–Crippen MR) is 85.1 cm³/mol. The summed E-state index contributed by atoms with van der Waals surface area (Å²) in [6, 6.07) is 0.498. The lowest BCUT2D eigenvalue weighted by molar-refractivity contribution is -0.0760. The minimum atomic E-state index is -1.33. The van der Waals surface area contributed by atoms with Crippen molar-refractivity contribution in [2.45, 2.75) is 64.6 Å². The van der Waals surface area contributed by atoms with Crippen molar-refractivity contribution in [3.05, 3.63) is 0 Å². The average Bonchev–Trinajstić information content (AvgIpc) is 2.19. The van der Waals surface area contributed by atoms with Crippen LogP contribution in [0.2, 0.25) is 39.3 Å². The van der Waals surface area contributed by atoms with E-state index in [0.717, 1.165) is 13.0 Å². The van der Waals surface area contributed by atoms with Crippen LogP contribution in [0.15, 0.2) is 0 Å². The van der Waals surface area contributed by atoms with Gasteiger partial charge in [-0.3, -0.25) is 0 Å². The van der Waals surface area contributed by atoms with Gasteiger partial charge in [0.2, 0.25) is 0 Å². The van der Waals surface area contributed by atoms with Crippen molar-refractivity contribution in [2.24, 2.45) is 0 Å². The van der Waals surface area contributed by atoms with Crippen molar-refractivity contribution >= 4 is 26.7 Å². The normalized spacial score (nSPS) is 17.0. The highest BCUT2D eigenvalue weighted by Crippen LogP contribution is 2.24. The molecule has 0 bridgehead atoms. The smallest absolute Gasteiger partial charge is 0.133 e. The first kappa shape index (κ1) is 18.5. The molecule has 18 heavy (non-hydrogen) atoms. The topological polar surface area (TPSA) is 21.7 Å². The number of rotatable bonds is 8. The first-order valence-electron chi connectivity index (χ1n) is 6.69. The number of methoxy groups -OCH3 is 1. The molecule has 0 saturated heterocycles. The Kier molecular flexibility index (Phi) is 7.57. The Labute approximate surface area is 119 Å². The molecule has 0 N–H and O–H groups in total. The van der Waals surface area contributed by atoms with Gasteiger partial charge in [0, 0.05) is 13.2 Å². The molecule has 0 aromatic carbocycles. The van der Waals surface area contributed by atoms with Crippen LogP contribution in [-0.4, -0.2) is 56.6 Å². The Balaban J connectivity index is 4.84. The number of hydrogen-bond acceptors (Lipinski definition) is 3. The van der Waals surface area contributed by atoms with Gasteiger partial charge in [0.05, 0.1) is 6.61 Å². The first-order valence-corrected chi connectivity index (χ1v) is 14.2. The van der Waals surface area contributed by atoms with E-state index in [2.05, 4.69) is 60.7 Å². The SMILES string of the molecule is CCC(COC([Si])OC)N([Si](C)(C)C)[Si](C)(C)C. The minimum Gasteiger partial charge on any atom is -0.361 e. The largest absolute Gasteiger partial charge is 0.361 e. The highest BCUT2D eigenvalue weighted by atomic mass is 28.4. The third-order valence-corrected chi connectivity index (χ3v) is 11.0. The molecular weight excluding hydrogens is 274 g/mol. The fraction of sp³-hybridized carbons (Fsp3) is 1.00. The van der Waals surface area contributed by atoms with Crippen LogP contribution in [0.4, 0.5) is 0 Å². The Morgan fingerprint density at radius 1 is 1.06 bits per heavy atom. The Hall–Kier alpha value is 0.531.